The Hall–Kier alpha value is -5.58. The summed E-state index contributed by atoms with van der Waals surface area (Å²) >= 11 is 2.63. The molecule has 0 saturated carbocycles. The predicted octanol–water partition coefficient (Wildman–Crippen LogP) is 7.84. The van der Waals surface area contributed by atoms with Crippen LogP contribution in [-0.2, 0) is 27.3 Å². The minimum atomic E-state index is -0.626. The molecule has 1 unspecified atom stereocenters. The van der Waals surface area contributed by atoms with Gasteiger partial charge < -0.3 is 30.3 Å². The van der Waals surface area contributed by atoms with E-state index in [1.807, 2.05) is 33.8 Å². The smallest absolute Gasteiger partial charge is 0.410 e. The summed E-state index contributed by atoms with van der Waals surface area (Å²) in [7, 11) is 1.55. The first-order valence-corrected chi connectivity index (χ1v) is 18.7. The van der Waals surface area contributed by atoms with E-state index in [0.717, 1.165) is 15.3 Å². The number of nitrogens with zero attached hydrogens (tertiary/aromatic N) is 2. The number of carbonyl (C=O) groups excluding carboxylic acids is 4. The fourth-order valence-corrected chi connectivity index (χ4v) is 7.69. The molecular formula is C40H41N5O6S2. The highest BCUT2D eigenvalue weighted by molar-refractivity contribution is 8.00. The van der Waals surface area contributed by atoms with E-state index in [-0.39, 0.29) is 11.6 Å². The van der Waals surface area contributed by atoms with Gasteiger partial charge in [0.25, 0.3) is 11.8 Å². The highest BCUT2D eigenvalue weighted by Crippen LogP contribution is 2.38. The number of thioether (sulfide) groups is 1. The first-order chi connectivity index (χ1) is 25.4. The van der Waals surface area contributed by atoms with Crippen molar-refractivity contribution >= 4 is 63.7 Å². The number of nitrogens with one attached hydrogen (secondary N) is 3. The molecule has 274 valence electrons. The van der Waals surface area contributed by atoms with E-state index in [4.69, 9.17) is 9.47 Å². The number of hydrogen-bond acceptors (Lipinski definition) is 9. The Morgan fingerprint density at radius 1 is 1.02 bits per heavy atom. The minimum absolute atomic E-state index is 0.0251. The molecule has 0 aliphatic carbocycles. The lowest BCUT2D eigenvalue weighted by Gasteiger charge is -2.29. The van der Waals surface area contributed by atoms with Gasteiger partial charge in [-0.3, -0.25) is 14.4 Å². The van der Waals surface area contributed by atoms with Crippen LogP contribution in [0.15, 0.2) is 89.5 Å². The van der Waals surface area contributed by atoms with Gasteiger partial charge in [0.1, 0.15) is 28.1 Å². The average Bonchev–Trinajstić information content (AvgIpc) is 3.49. The number of fused-ring (bicyclic) bond motifs is 1. The van der Waals surface area contributed by atoms with Crippen LogP contribution in [0.3, 0.4) is 0 Å². The molecule has 0 radical (unpaired) electrons. The quantitative estimate of drug-likeness (QED) is 0.104. The Morgan fingerprint density at radius 2 is 1.77 bits per heavy atom. The molecule has 1 aliphatic heterocycles. The summed E-state index contributed by atoms with van der Waals surface area (Å²) in [6, 6.07) is 25.1. The molecule has 11 nitrogen and oxygen atoms in total. The van der Waals surface area contributed by atoms with Crippen molar-refractivity contribution in [1.29, 1.82) is 5.26 Å². The maximum absolute atomic E-state index is 13.7. The van der Waals surface area contributed by atoms with Crippen LogP contribution in [0.5, 0.6) is 5.75 Å². The Bertz CT molecular complexity index is 2070. The van der Waals surface area contributed by atoms with Crippen molar-refractivity contribution < 1.29 is 28.7 Å². The molecule has 1 aromatic heterocycles. The second-order valence-corrected chi connectivity index (χ2v) is 15.5. The number of methoxy groups -OCH3 is 1. The summed E-state index contributed by atoms with van der Waals surface area (Å²) < 4.78 is 10.9. The van der Waals surface area contributed by atoms with Crippen molar-refractivity contribution in [3.8, 4) is 11.8 Å². The first-order valence-electron chi connectivity index (χ1n) is 17.0. The van der Waals surface area contributed by atoms with Gasteiger partial charge in [-0.05, 0) is 93.3 Å². The Labute approximate surface area is 317 Å². The molecule has 3 N–H and O–H groups in total. The lowest BCUT2D eigenvalue weighted by atomic mass is 10.0. The standard InChI is InChI=1S/C40H41N5O6S2/c1-6-33(37(48)44-38-31(23-41)30-18-19-45(24-34(30)53-38)39(49)51-40(2,3)4)52-29-17-11-15-27(22-29)42-36(47)32(21-25-12-10-16-28(20-25)50-5)43-35(46)26-13-8-7-9-14-26/h7-17,20-22,33H,6,18-19,24H2,1-5H3,(H,42,47)(H,43,46)(H,44,48)/b32-21-. The van der Waals surface area contributed by atoms with Gasteiger partial charge in [-0.15, -0.1) is 23.1 Å². The lowest BCUT2D eigenvalue weighted by molar-refractivity contribution is -0.116. The lowest BCUT2D eigenvalue weighted by Crippen LogP contribution is -2.39. The van der Waals surface area contributed by atoms with Gasteiger partial charge in [-0.1, -0.05) is 43.3 Å². The monoisotopic (exact) mass is 751 g/mol. The van der Waals surface area contributed by atoms with Crippen molar-refractivity contribution in [2.45, 2.75) is 62.8 Å². The molecule has 0 saturated heterocycles. The number of amides is 4. The highest BCUT2D eigenvalue weighted by Gasteiger charge is 2.31. The molecule has 1 atom stereocenters. The molecule has 4 amide bonds. The summed E-state index contributed by atoms with van der Waals surface area (Å²) in [6.07, 6.45) is 2.14. The summed E-state index contributed by atoms with van der Waals surface area (Å²) in [5, 5.41) is 18.6. The number of benzene rings is 3. The third-order valence-corrected chi connectivity index (χ3v) is 10.5. The van der Waals surface area contributed by atoms with Crippen LogP contribution in [0, 0.1) is 11.3 Å². The largest absolute Gasteiger partial charge is 0.497 e. The highest BCUT2D eigenvalue weighted by atomic mass is 32.2. The van der Waals surface area contributed by atoms with E-state index in [0.29, 0.717) is 59.1 Å². The third-order valence-electron chi connectivity index (χ3n) is 8.02. The second kappa shape index (κ2) is 17.3. The zero-order chi connectivity index (χ0) is 38.1. The molecule has 0 spiro atoms. The topological polar surface area (TPSA) is 150 Å². The van der Waals surface area contributed by atoms with E-state index in [1.54, 1.807) is 90.9 Å². The predicted molar refractivity (Wildman–Crippen MR) is 208 cm³/mol. The Morgan fingerprint density at radius 3 is 2.47 bits per heavy atom. The first kappa shape index (κ1) is 38.6. The van der Waals surface area contributed by atoms with Gasteiger partial charge in [0.2, 0.25) is 5.91 Å². The molecule has 2 heterocycles. The van der Waals surface area contributed by atoms with Crippen molar-refractivity contribution in [3.63, 3.8) is 0 Å². The zero-order valence-corrected chi connectivity index (χ0v) is 31.8. The number of ether oxygens (including phenoxy) is 2. The normalized spacial score (nSPS) is 13.2. The molecule has 4 aromatic rings. The maximum atomic E-state index is 13.7. The molecular weight excluding hydrogens is 711 g/mol. The van der Waals surface area contributed by atoms with E-state index in [1.165, 1.54) is 23.1 Å². The van der Waals surface area contributed by atoms with Gasteiger partial charge in [0.15, 0.2) is 0 Å². The van der Waals surface area contributed by atoms with Gasteiger partial charge >= 0.3 is 6.09 Å². The van der Waals surface area contributed by atoms with Crippen LogP contribution in [0.2, 0.25) is 0 Å². The van der Waals surface area contributed by atoms with E-state index < -0.39 is 28.8 Å². The van der Waals surface area contributed by atoms with Crippen LogP contribution < -0.4 is 20.7 Å². The van der Waals surface area contributed by atoms with Gasteiger partial charge in [0.05, 0.1) is 24.5 Å². The molecule has 0 fully saturated rings. The van der Waals surface area contributed by atoms with Crippen molar-refractivity contribution in [1.82, 2.24) is 10.2 Å². The van der Waals surface area contributed by atoms with Crippen molar-refractivity contribution in [2.75, 3.05) is 24.3 Å². The summed E-state index contributed by atoms with van der Waals surface area (Å²) in [4.78, 5) is 56.2. The summed E-state index contributed by atoms with van der Waals surface area (Å²) in [6.45, 7) is 8.06. The van der Waals surface area contributed by atoms with Crippen molar-refractivity contribution in [2.24, 2.45) is 0 Å². The summed E-state index contributed by atoms with van der Waals surface area (Å²) in [5.74, 6) is -0.653. The number of rotatable bonds is 11. The van der Waals surface area contributed by atoms with Crippen LogP contribution in [0.4, 0.5) is 15.5 Å². The fraction of sp³-hybridized carbons (Fsp3) is 0.275. The Kier molecular flexibility index (Phi) is 12.6. The molecule has 13 heteroatoms. The number of carbonyl (C=O) groups is 4. The number of nitriles is 1. The maximum Gasteiger partial charge on any atom is 0.410 e. The van der Waals surface area contributed by atoms with Gasteiger partial charge in [-0.25, -0.2) is 4.79 Å². The number of thiophene rings is 1. The summed E-state index contributed by atoms with van der Waals surface area (Å²) in [5.41, 5.74) is 2.17. The van der Waals surface area contributed by atoms with Gasteiger partial charge in [0, 0.05) is 27.6 Å². The average molecular weight is 752 g/mol. The minimum Gasteiger partial charge on any atom is -0.497 e. The molecule has 1 aliphatic rings. The second-order valence-electron chi connectivity index (χ2n) is 13.1. The van der Waals surface area contributed by atoms with E-state index in [2.05, 4.69) is 22.0 Å². The van der Waals surface area contributed by atoms with Gasteiger partial charge in [-0.2, -0.15) is 5.26 Å². The fourth-order valence-electron chi connectivity index (χ4n) is 5.46. The third kappa shape index (κ3) is 10.3. The Balaban J connectivity index is 1.29. The van der Waals surface area contributed by atoms with Crippen molar-refractivity contribution in [3.05, 3.63) is 112 Å². The number of anilines is 2. The van der Waals surface area contributed by atoms with Crippen LogP contribution in [0.1, 0.15) is 66.0 Å². The van der Waals surface area contributed by atoms with Crippen LogP contribution in [0.25, 0.3) is 6.08 Å². The van der Waals surface area contributed by atoms with Crippen LogP contribution >= 0.6 is 23.1 Å². The number of hydrogen-bond donors (Lipinski definition) is 3. The zero-order valence-electron chi connectivity index (χ0n) is 30.1. The van der Waals surface area contributed by atoms with Crippen LogP contribution in [-0.4, -0.2) is 53.2 Å². The molecule has 0 bridgehead atoms. The molecule has 53 heavy (non-hydrogen) atoms. The van der Waals surface area contributed by atoms with E-state index in [9.17, 15) is 24.4 Å². The molecule has 3 aromatic carbocycles. The SMILES string of the molecule is CCC(Sc1cccc(NC(=O)/C(=C/c2cccc(OC)c2)NC(=O)c2ccccc2)c1)C(=O)Nc1sc2c(c1C#N)CCN(C(=O)OC(C)(C)C)C2. The molecule has 5 rings (SSSR count). The van der Waals surface area contributed by atoms with E-state index >= 15 is 0 Å².